The molecule has 8 aromatic heterocycles. The van der Waals surface area contributed by atoms with Crippen molar-refractivity contribution in [3.63, 3.8) is 0 Å². The van der Waals surface area contributed by atoms with Gasteiger partial charge in [-0.3, -0.25) is 39.1 Å². The second kappa shape index (κ2) is 38.7. The molecule has 14 rings (SSSR count). The largest absolute Gasteiger partial charge is 0.433 e. The van der Waals surface area contributed by atoms with Gasteiger partial charge in [0.05, 0.1) is 88.4 Å². The molecule has 119 heavy (non-hydrogen) atoms. The van der Waals surface area contributed by atoms with Gasteiger partial charge in [0.1, 0.15) is 28.7 Å². The van der Waals surface area contributed by atoms with Crippen molar-refractivity contribution in [3.05, 3.63) is 325 Å². The predicted octanol–water partition coefficient (Wildman–Crippen LogP) is 22.3. The van der Waals surface area contributed by atoms with Gasteiger partial charge < -0.3 is 31.5 Å². The van der Waals surface area contributed by atoms with Crippen LogP contribution in [0.15, 0.2) is 237 Å². The van der Waals surface area contributed by atoms with Crippen LogP contribution in [0.2, 0.25) is 20.1 Å². The summed E-state index contributed by atoms with van der Waals surface area (Å²) in [5.74, 6) is -1.60. The number of halogens is 14. The highest BCUT2D eigenvalue weighted by Gasteiger charge is 2.36. The van der Waals surface area contributed by atoms with Crippen LogP contribution < -0.4 is 31.5 Å². The Morgan fingerprint density at radius 1 is 0.429 bits per heavy atom. The van der Waals surface area contributed by atoms with Gasteiger partial charge in [-0.15, -0.1) is 0 Å². The standard InChI is InChI=1S/C25H17ClF3N3O.C22H22ClN5O.C21H17ClF3N3O.C19H12ClF4N3O/c1-15-19(9-12-23(31-15)25(27,28)29)24(33)32-18-8-10-21(26)20(13-18)22-11-7-17(14-30-22)16-5-3-2-4-6-16;1-15-14-28(11-10-24-15)21-8-5-16(13-26-21)22(29)27-17-6-7-19(23)18(12-17)20-4-2-3-9-25-20;1-3-13-8-9-26-18(10-13)16-11-14(4-6-17(16)22)28-20(29)15-5-7-19(21(23,24)25)27-12(15)2;1-10-13(4-7-17(26-10)19(22,23)24)18(28)27-12-3-5-15(20)14(8-12)16-6-2-11(21)9-25-16/h2-14H,1H3,(H,32,33);2-9,12-13,15,24H,10-11,14H2,1H3,(H,27,29);4-11H,3H2,1-2H3,(H,28,29);2-9H,1H3,(H,27,28)/t;15-;;/m.0../s1. The maximum atomic E-state index is 13.1. The molecule has 5 aromatic carbocycles. The van der Waals surface area contributed by atoms with Gasteiger partial charge in [0.2, 0.25) is 0 Å². The lowest BCUT2D eigenvalue weighted by Crippen LogP contribution is -2.49. The zero-order chi connectivity index (χ0) is 85.5. The van der Waals surface area contributed by atoms with E-state index in [2.05, 4.69) is 78.3 Å². The number of benzene rings is 5. The van der Waals surface area contributed by atoms with E-state index in [1.807, 2.05) is 91.9 Å². The molecule has 0 radical (unpaired) electrons. The molecule has 1 aliphatic heterocycles. The summed E-state index contributed by atoms with van der Waals surface area (Å²) in [4.78, 5) is 84.5. The van der Waals surface area contributed by atoms with Crippen LogP contribution in [0.25, 0.3) is 56.2 Å². The average Bonchev–Trinajstić information content (AvgIpc) is 0.822. The minimum atomic E-state index is -4.59. The molecule has 1 saturated heterocycles. The molecule has 1 aliphatic rings. The Kier molecular flexibility index (Phi) is 28.3. The van der Waals surface area contributed by atoms with Crippen LogP contribution in [0.1, 0.15) is 95.0 Å². The normalized spacial score (nSPS) is 12.6. The molecule has 0 saturated carbocycles. The third-order valence-electron chi connectivity index (χ3n) is 18.1. The van der Waals surface area contributed by atoms with Gasteiger partial charge in [-0.2, -0.15) is 39.5 Å². The van der Waals surface area contributed by atoms with Gasteiger partial charge in [0.15, 0.2) is 0 Å². The fourth-order valence-electron chi connectivity index (χ4n) is 12.0. The van der Waals surface area contributed by atoms with E-state index in [4.69, 9.17) is 46.4 Å². The van der Waals surface area contributed by atoms with Gasteiger partial charge >= 0.3 is 18.5 Å². The lowest BCUT2D eigenvalue weighted by Gasteiger charge is -2.32. The summed E-state index contributed by atoms with van der Waals surface area (Å²) in [6, 6.07) is 55.2. The SMILES string of the molecule is CCc1ccnc(-c2cc(NC(=O)c3ccc(C(F)(F)F)nc3C)ccc2Cl)c1.C[C@H]1CN(c2ccc(C(=O)Nc3ccc(Cl)c(-c4ccccn4)c3)cn2)CCN1.Cc1nc(C(F)(F)F)ccc1C(=O)Nc1ccc(Cl)c(-c2ccc(-c3ccccc3)cn2)c1.Cc1nc(C(F)(F)F)ccc1C(=O)Nc1ccc(Cl)c(-c2ccc(F)cn2)c1. The summed E-state index contributed by atoms with van der Waals surface area (Å²) in [6.07, 6.45) is -5.10. The minimum Gasteiger partial charge on any atom is -0.354 e. The Labute approximate surface area is 695 Å². The number of hydrogen-bond acceptors (Lipinski definition) is 14. The van der Waals surface area contributed by atoms with E-state index < -0.39 is 59.1 Å². The molecule has 4 amide bonds. The van der Waals surface area contributed by atoms with Crippen LogP contribution in [0.4, 0.5) is 72.5 Å². The summed E-state index contributed by atoms with van der Waals surface area (Å²) in [5.41, 5.74) is 7.21. The second-order valence-corrected chi connectivity index (χ2v) is 28.2. The number of anilines is 5. The third kappa shape index (κ3) is 23.2. The number of amides is 4. The van der Waals surface area contributed by atoms with Gasteiger partial charge in [0, 0.05) is 101 Å². The molecular weight excluding hydrogens is 1640 g/mol. The number of carbonyl (C=O) groups is 4. The topological polar surface area (TPSA) is 235 Å². The number of piperazine rings is 1. The lowest BCUT2D eigenvalue weighted by atomic mass is 10.1. The van der Waals surface area contributed by atoms with Gasteiger partial charge in [-0.1, -0.05) is 95.8 Å². The monoisotopic (exact) mass is 1700 g/mol. The van der Waals surface area contributed by atoms with Crippen molar-refractivity contribution < 1.29 is 63.1 Å². The van der Waals surface area contributed by atoms with E-state index in [1.165, 1.54) is 51.1 Å². The van der Waals surface area contributed by atoms with Crippen molar-refractivity contribution in [2.24, 2.45) is 0 Å². The quantitative estimate of drug-likeness (QED) is 0.0601. The first-order valence-corrected chi connectivity index (χ1v) is 37.7. The first-order valence-electron chi connectivity index (χ1n) is 36.2. The molecule has 0 unspecified atom stereocenters. The summed E-state index contributed by atoms with van der Waals surface area (Å²) in [5, 5.41) is 16.1. The molecule has 18 nitrogen and oxygen atoms in total. The molecule has 608 valence electrons. The number of nitrogens with one attached hydrogen (secondary N) is 5. The van der Waals surface area contributed by atoms with E-state index in [0.29, 0.717) is 88.2 Å². The number of nitrogens with zero attached hydrogens (tertiary/aromatic N) is 9. The van der Waals surface area contributed by atoms with Crippen LogP contribution >= 0.6 is 46.4 Å². The zero-order valence-corrected chi connectivity index (χ0v) is 66.4. The summed E-state index contributed by atoms with van der Waals surface area (Å²) < 4.78 is 128. The number of alkyl halides is 9. The van der Waals surface area contributed by atoms with Crippen molar-refractivity contribution in [3.8, 4) is 56.2 Å². The van der Waals surface area contributed by atoms with Crippen LogP contribution in [0.5, 0.6) is 0 Å². The molecule has 1 fully saturated rings. The van der Waals surface area contributed by atoms with E-state index in [1.54, 1.807) is 79.4 Å². The maximum Gasteiger partial charge on any atom is 0.433 e. The van der Waals surface area contributed by atoms with Gasteiger partial charge in [-0.05, 0) is 209 Å². The molecule has 32 heteroatoms. The fraction of sp³-hybridized carbons (Fsp3) is 0.149. The molecule has 9 heterocycles. The first-order chi connectivity index (χ1) is 56.6. The zero-order valence-electron chi connectivity index (χ0n) is 63.4. The molecule has 1 atom stereocenters. The predicted molar refractivity (Wildman–Crippen MR) is 441 cm³/mol. The average molecular weight is 1710 g/mol. The van der Waals surface area contributed by atoms with Crippen molar-refractivity contribution in [2.75, 3.05) is 45.8 Å². The van der Waals surface area contributed by atoms with Crippen LogP contribution in [0.3, 0.4) is 0 Å². The molecular formula is C87H68Cl4F10N14O4. The van der Waals surface area contributed by atoms with Crippen molar-refractivity contribution in [1.82, 2.24) is 45.2 Å². The second-order valence-electron chi connectivity index (χ2n) is 26.6. The summed E-state index contributed by atoms with van der Waals surface area (Å²) >= 11 is 25.1. The van der Waals surface area contributed by atoms with Crippen molar-refractivity contribution in [2.45, 2.75) is 65.6 Å². The van der Waals surface area contributed by atoms with Crippen molar-refractivity contribution >= 4 is 98.6 Å². The Balaban J connectivity index is 0.000000156. The Morgan fingerprint density at radius 2 is 0.857 bits per heavy atom. The highest BCUT2D eigenvalue weighted by Crippen LogP contribution is 2.37. The number of aryl methyl sites for hydroxylation is 4. The van der Waals surface area contributed by atoms with Gasteiger partial charge in [-0.25, -0.2) is 24.3 Å². The maximum absolute atomic E-state index is 13.1. The highest BCUT2D eigenvalue weighted by atomic mass is 35.5. The van der Waals surface area contributed by atoms with Crippen LogP contribution in [0, 0.1) is 26.6 Å². The number of hydrogen-bond donors (Lipinski definition) is 5. The summed E-state index contributed by atoms with van der Waals surface area (Å²) in [6.45, 7) is 11.0. The highest BCUT2D eigenvalue weighted by molar-refractivity contribution is 6.35. The Bertz CT molecular complexity index is 5820. The first kappa shape index (κ1) is 87.2. The number of aromatic nitrogens is 8. The molecule has 0 aliphatic carbocycles. The third-order valence-corrected chi connectivity index (χ3v) is 19.4. The molecule has 5 N–H and O–H groups in total. The minimum absolute atomic E-state index is 0.00408. The number of carbonyl (C=O) groups excluding carboxylic acids is 4. The van der Waals surface area contributed by atoms with E-state index >= 15 is 0 Å². The van der Waals surface area contributed by atoms with Crippen LogP contribution in [-0.4, -0.2) is 89.2 Å². The smallest absolute Gasteiger partial charge is 0.354 e. The van der Waals surface area contributed by atoms with E-state index in [9.17, 15) is 63.1 Å². The number of rotatable bonds is 15. The Hall–Kier alpha value is -12.6. The lowest BCUT2D eigenvalue weighted by molar-refractivity contribution is -0.142. The molecule has 13 aromatic rings. The molecule has 0 bridgehead atoms. The fourth-order valence-corrected chi connectivity index (χ4v) is 12.8. The van der Waals surface area contributed by atoms with Crippen molar-refractivity contribution in [1.29, 1.82) is 0 Å². The van der Waals surface area contributed by atoms with E-state index in [0.717, 1.165) is 102 Å². The van der Waals surface area contributed by atoms with Crippen LogP contribution in [-0.2, 0) is 24.9 Å². The number of pyridine rings is 8. The summed E-state index contributed by atoms with van der Waals surface area (Å²) in [7, 11) is 0. The molecule has 0 spiro atoms. The van der Waals surface area contributed by atoms with E-state index in [-0.39, 0.29) is 39.7 Å². The van der Waals surface area contributed by atoms with Gasteiger partial charge in [0.25, 0.3) is 23.6 Å². The Morgan fingerprint density at radius 3 is 1.24 bits per heavy atom.